The van der Waals surface area contributed by atoms with Crippen molar-refractivity contribution in [2.24, 2.45) is 4.99 Å². The first kappa shape index (κ1) is 17.6. The van der Waals surface area contributed by atoms with Crippen LogP contribution in [-0.4, -0.2) is 19.6 Å². The average Bonchev–Trinajstić information content (AvgIpc) is 2.62. The summed E-state index contributed by atoms with van der Waals surface area (Å²) in [5.41, 5.74) is 3.56. The van der Waals surface area contributed by atoms with E-state index in [-0.39, 0.29) is 0 Å². The van der Waals surface area contributed by atoms with Crippen LogP contribution >= 0.6 is 0 Å². The van der Waals surface area contributed by atoms with E-state index in [1.54, 1.807) is 13.1 Å². The van der Waals surface area contributed by atoms with E-state index in [2.05, 4.69) is 53.4 Å². The van der Waals surface area contributed by atoms with E-state index in [9.17, 15) is 0 Å². The van der Waals surface area contributed by atoms with Gasteiger partial charge in [-0.25, -0.2) is 0 Å². The Morgan fingerprint density at radius 3 is 2.50 bits per heavy atom. The SMILES string of the molecule is C=CCOc1ccccc1CNC(=NC)NCc1ccc(C)cc1. The van der Waals surface area contributed by atoms with Crippen molar-refractivity contribution < 1.29 is 4.74 Å². The Morgan fingerprint density at radius 1 is 1.08 bits per heavy atom. The zero-order chi connectivity index (χ0) is 17.2. The van der Waals surface area contributed by atoms with Crippen molar-refractivity contribution in [2.75, 3.05) is 13.7 Å². The molecule has 4 nitrogen and oxygen atoms in total. The van der Waals surface area contributed by atoms with Gasteiger partial charge in [-0.3, -0.25) is 4.99 Å². The van der Waals surface area contributed by atoms with Gasteiger partial charge in [-0.2, -0.15) is 0 Å². The van der Waals surface area contributed by atoms with Crippen LogP contribution in [0.2, 0.25) is 0 Å². The van der Waals surface area contributed by atoms with E-state index in [0.29, 0.717) is 13.2 Å². The van der Waals surface area contributed by atoms with Crippen LogP contribution in [-0.2, 0) is 13.1 Å². The fraction of sp³-hybridized carbons (Fsp3) is 0.250. The van der Waals surface area contributed by atoms with Gasteiger partial charge in [-0.05, 0) is 18.6 Å². The summed E-state index contributed by atoms with van der Waals surface area (Å²) in [6, 6.07) is 16.4. The number of nitrogens with one attached hydrogen (secondary N) is 2. The molecule has 4 heteroatoms. The quantitative estimate of drug-likeness (QED) is 0.466. The summed E-state index contributed by atoms with van der Waals surface area (Å²) >= 11 is 0. The lowest BCUT2D eigenvalue weighted by Crippen LogP contribution is -2.36. The normalized spacial score (nSPS) is 11.0. The van der Waals surface area contributed by atoms with Crippen LogP contribution in [0.4, 0.5) is 0 Å². The molecule has 0 bridgehead atoms. The van der Waals surface area contributed by atoms with Gasteiger partial charge in [0.25, 0.3) is 0 Å². The molecule has 24 heavy (non-hydrogen) atoms. The number of ether oxygens (including phenoxy) is 1. The third-order valence-corrected chi connectivity index (χ3v) is 3.58. The van der Waals surface area contributed by atoms with Gasteiger partial charge >= 0.3 is 0 Å². The molecule has 0 aliphatic heterocycles. The van der Waals surface area contributed by atoms with E-state index in [1.165, 1.54) is 11.1 Å². The highest BCUT2D eigenvalue weighted by molar-refractivity contribution is 5.79. The van der Waals surface area contributed by atoms with E-state index >= 15 is 0 Å². The van der Waals surface area contributed by atoms with Gasteiger partial charge in [-0.1, -0.05) is 60.7 Å². The van der Waals surface area contributed by atoms with Gasteiger partial charge in [0.1, 0.15) is 12.4 Å². The predicted octanol–water partition coefficient (Wildman–Crippen LogP) is 3.43. The fourth-order valence-corrected chi connectivity index (χ4v) is 2.23. The summed E-state index contributed by atoms with van der Waals surface area (Å²) in [4.78, 5) is 4.26. The Hall–Kier alpha value is -2.75. The second-order valence-electron chi connectivity index (χ2n) is 5.47. The first-order valence-corrected chi connectivity index (χ1v) is 8.04. The molecule has 2 N–H and O–H groups in total. The molecule has 0 amide bonds. The highest BCUT2D eigenvalue weighted by atomic mass is 16.5. The summed E-state index contributed by atoms with van der Waals surface area (Å²) in [5.74, 6) is 1.62. The van der Waals surface area contributed by atoms with Gasteiger partial charge in [0.2, 0.25) is 0 Å². The molecule has 2 rings (SSSR count). The number of rotatable bonds is 7. The maximum atomic E-state index is 5.67. The third-order valence-electron chi connectivity index (χ3n) is 3.58. The molecule has 0 aromatic heterocycles. The van der Waals surface area contributed by atoms with Gasteiger partial charge < -0.3 is 15.4 Å². The molecule has 0 spiro atoms. The number of guanidine groups is 1. The van der Waals surface area contributed by atoms with Crippen LogP contribution in [0.1, 0.15) is 16.7 Å². The van der Waals surface area contributed by atoms with Crippen molar-refractivity contribution in [1.82, 2.24) is 10.6 Å². The maximum absolute atomic E-state index is 5.67. The van der Waals surface area contributed by atoms with Gasteiger partial charge in [0.05, 0.1) is 0 Å². The van der Waals surface area contributed by atoms with Gasteiger partial charge in [0.15, 0.2) is 5.96 Å². The van der Waals surface area contributed by atoms with Crippen molar-refractivity contribution >= 4 is 5.96 Å². The second-order valence-corrected chi connectivity index (χ2v) is 5.47. The molecule has 2 aromatic carbocycles. The van der Waals surface area contributed by atoms with Crippen LogP contribution in [0.3, 0.4) is 0 Å². The minimum atomic E-state index is 0.497. The Labute approximate surface area is 144 Å². The molecule has 0 unspecified atom stereocenters. The maximum Gasteiger partial charge on any atom is 0.191 e. The molecule has 0 aliphatic rings. The van der Waals surface area contributed by atoms with E-state index in [0.717, 1.165) is 23.8 Å². The Morgan fingerprint density at radius 2 is 1.79 bits per heavy atom. The average molecular weight is 323 g/mol. The van der Waals surface area contributed by atoms with Crippen LogP contribution in [0, 0.1) is 6.92 Å². The highest BCUT2D eigenvalue weighted by Gasteiger charge is 2.04. The summed E-state index contributed by atoms with van der Waals surface area (Å²) < 4.78 is 5.67. The zero-order valence-corrected chi connectivity index (χ0v) is 14.4. The molecule has 2 aromatic rings. The number of hydrogen-bond acceptors (Lipinski definition) is 2. The van der Waals surface area contributed by atoms with Crippen molar-refractivity contribution in [3.63, 3.8) is 0 Å². The molecule has 0 fully saturated rings. The summed E-state index contributed by atoms with van der Waals surface area (Å²) in [7, 11) is 1.77. The number of para-hydroxylation sites is 1. The van der Waals surface area contributed by atoms with Gasteiger partial charge in [-0.15, -0.1) is 0 Å². The fourth-order valence-electron chi connectivity index (χ4n) is 2.23. The number of aryl methyl sites for hydroxylation is 1. The second kappa shape index (κ2) is 9.40. The van der Waals surface area contributed by atoms with E-state index in [1.807, 2.05) is 24.3 Å². The van der Waals surface area contributed by atoms with Gasteiger partial charge in [0, 0.05) is 25.7 Å². The van der Waals surface area contributed by atoms with Crippen molar-refractivity contribution in [1.29, 1.82) is 0 Å². The van der Waals surface area contributed by atoms with Crippen molar-refractivity contribution in [3.05, 3.63) is 77.9 Å². The number of benzene rings is 2. The number of nitrogens with zero attached hydrogens (tertiary/aromatic N) is 1. The predicted molar refractivity (Wildman–Crippen MR) is 100 cm³/mol. The number of aliphatic imine (C=N–C) groups is 1. The Balaban J connectivity index is 1.89. The lowest BCUT2D eigenvalue weighted by atomic mass is 10.1. The van der Waals surface area contributed by atoms with Crippen molar-refractivity contribution in [3.8, 4) is 5.75 Å². The molecule has 126 valence electrons. The molecule has 0 aliphatic carbocycles. The van der Waals surface area contributed by atoms with E-state index in [4.69, 9.17) is 4.74 Å². The van der Waals surface area contributed by atoms with E-state index < -0.39 is 0 Å². The van der Waals surface area contributed by atoms with Crippen LogP contribution in [0.5, 0.6) is 5.75 Å². The minimum Gasteiger partial charge on any atom is -0.489 e. The monoisotopic (exact) mass is 323 g/mol. The molecule has 0 saturated carbocycles. The molecule has 0 heterocycles. The van der Waals surface area contributed by atoms with Crippen LogP contribution < -0.4 is 15.4 Å². The molecule has 0 radical (unpaired) electrons. The first-order chi connectivity index (χ1) is 11.7. The summed E-state index contributed by atoms with van der Waals surface area (Å²) in [6.45, 7) is 7.64. The smallest absolute Gasteiger partial charge is 0.191 e. The Kier molecular flexibility index (Phi) is 6.90. The van der Waals surface area contributed by atoms with Crippen molar-refractivity contribution in [2.45, 2.75) is 20.0 Å². The minimum absolute atomic E-state index is 0.497. The third kappa shape index (κ3) is 5.47. The molecular weight excluding hydrogens is 298 g/mol. The topological polar surface area (TPSA) is 45.6 Å². The largest absolute Gasteiger partial charge is 0.489 e. The molecule has 0 saturated heterocycles. The Bertz CT molecular complexity index is 678. The highest BCUT2D eigenvalue weighted by Crippen LogP contribution is 2.17. The standard InChI is InChI=1S/C20H25N3O/c1-4-13-24-19-8-6-5-7-18(19)15-23-20(21-3)22-14-17-11-9-16(2)10-12-17/h4-12H,1,13-15H2,2-3H3,(H2,21,22,23). The van der Waals surface area contributed by atoms with Crippen LogP contribution in [0.15, 0.2) is 66.2 Å². The first-order valence-electron chi connectivity index (χ1n) is 8.04. The number of hydrogen-bond donors (Lipinski definition) is 2. The summed E-state index contributed by atoms with van der Waals surface area (Å²) in [6.07, 6.45) is 1.74. The lowest BCUT2D eigenvalue weighted by molar-refractivity contribution is 0.358. The lowest BCUT2D eigenvalue weighted by Gasteiger charge is -2.14. The molecule has 0 atom stereocenters. The zero-order valence-electron chi connectivity index (χ0n) is 14.4. The molecular formula is C20H25N3O. The summed E-state index contributed by atoms with van der Waals surface area (Å²) in [5, 5.41) is 6.64. The van der Waals surface area contributed by atoms with Crippen LogP contribution in [0.25, 0.3) is 0 Å².